The quantitative estimate of drug-likeness (QED) is 0.569. The fourth-order valence-electron chi connectivity index (χ4n) is 1.96. The minimum atomic E-state index is -5.62. The van der Waals surface area contributed by atoms with Gasteiger partial charge in [-0.05, 0) is 12.3 Å². The van der Waals surface area contributed by atoms with Crippen LogP contribution in [-0.4, -0.2) is 41.2 Å². The van der Waals surface area contributed by atoms with E-state index < -0.39 is 24.3 Å². The predicted molar refractivity (Wildman–Crippen MR) is 61.6 cm³/mol. The standard InChI is InChI=1S/C11H18F5N3/c1-4-5-6-19-9(8(2)3)18(7-17-19)11(15,16)10(12,13)14/h7-9H,4-6H2,1-3H3. The number of nitrogens with zero attached hydrogens (tertiary/aromatic N) is 3. The molecule has 1 aliphatic rings. The molecule has 112 valence electrons. The van der Waals surface area contributed by atoms with Gasteiger partial charge in [-0.15, -0.1) is 0 Å². The smallest absolute Gasteiger partial charge is 0.273 e. The molecule has 0 saturated heterocycles. The van der Waals surface area contributed by atoms with E-state index in [2.05, 4.69) is 5.10 Å². The molecule has 0 aromatic heterocycles. The van der Waals surface area contributed by atoms with Gasteiger partial charge in [0, 0.05) is 6.54 Å². The summed E-state index contributed by atoms with van der Waals surface area (Å²) in [5, 5.41) is 4.99. The normalized spacial score (nSPS) is 20.8. The molecule has 0 amide bonds. The van der Waals surface area contributed by atoms with Crippen LogP contribution in [-0.2, 0) is 0 Å². The summed E-state index contributed by atoms with van der Waals surface area (Å²) in [7, 11) is 0. The van der Waals surface area contributed by atoms with E-state index in [1.165, 1.54) is 5.01 Å². The van der Waals surface area contributed by atoms with Gasteiger partial charge in [0.2, 0.25) is 0 Å². The molecule has 0 aromatic rings. The second-order valence-corrected chi connectivity index (χ2v) is 4.85. The average molecular weight is 287 g/mol. The lowest BCUT2D eigenvalue weighted by Gasteiger charge is -2.38. The second-order valence-electron chi connectivity index (χ2n) is 4.85. The molecule has 0 N–H and O–H groups in total. The van der Waals surface area contributed by atoms with Crippen LogP contribution in [0.15, 0.2) is 5.10 Å². The minimum Gasteiger partial charge on any atom is -0.273 e. The van der Waals surface area contributed by atoms with Crippen LogP contribution < -0.4 is 0 Å². The molecule has 0 aliphatic carbocycles. The summed E-state index contributed by atoms with van der Waals surface area (Å²) in [6.45, 7) is 5.46. The van der Waals surface area contributed by atoms with E-state index >= 15 is 0 Å². The van der Waals surface area contributed by atoms with Crippen LogP contribution in [0.5, 0.6) is 0 Å². The van der Waals surface area contributed by atoms with E-state index in [0.29, 0.717) is 19.3 Å². The highest BCUT2D eigenvalue weighted by atomic mass is 19.4. The molecule has 1 atom stereocenters. The number of rotatable bonds is 5. The highest BCUT2D eigenvalue weighted by Crippen LogP contribution is 2.41. The maximum atomic E-state index is 13.4. The van der Waals surface area contributed by atoms with Gasteiger partial charge in [-0.25, -0.2) is 0 Å². The number of hydrogen-bond donors (Lipinski definition) is 0. The molecule has 0 spiro atoms. The third-order valence-electron chi connectivity index (χ3n) is 2.92. The van der Waals surface area contributed by atoms with E-state index in [-0.39, 0.29) is 4.90 Å². The number of hydrogen-bond acceptors (Lipinski definition) is 3. The summed E-state index contributed by atoms with van der Waals surface area (Å²) in [5.41, 5.74) is 0. The third-order valence-corrected chi connectivity index (χ3v) is 2.92. The van der Waals surface area contributed by atoms with Crippen LogP contribution in [0.1, 0.15) is 33.6 Å². The molecule has 0 saturated carbocycles. The van der Waals surface area contributed by atoms with Crippen molar-refractivity contribution in [2.24, 2.45) is 11.0 Å². The van der Waals surface area contributed by atoms with Crippen LogP contribution in [0, 0.1) is 5.92 Å². The largest absolute Gasteiger partial charge is 0.475 e. The molecular weight excluding hydrogens is 269 g/mol. The van der Waals surface area contributed by atoms with Gasteiger partial charge < -0.3 is 0 Å². The molecule has 1 aliphatic heterocycles. The first-order valence-corrected chi connectivity index (χ1v) is 6.16. The maximum absolute atomic E-state index is 13.4. The van der Waals surface area contributed by atoms with Crippen molar-refractivity contribution in [2.75, 3.05) is 6.54 Å². The minimum absolute atomic E-state index is 0.00727. The van der Waals surface area contributed by atoms with Gasteiger partial charge in [-0.1, -0.05) is 27.2 Å². The van der Waals surface area contributed by atoms with Crippen molar-refractivity contribution in [3.8, 4) is 0 Å². The summed E-state index contributed by atoms with van der Waals surface area (Å²) >= 11 is 0. The number of alkyl halides is 5. The SMILES string of the molecule is CCCCN1N=CN(C(F)(F)C(F)(F)F)C1C(C)C. The van der Waals surface area contributed by atoms with Gasteiger partial charge in [-0.2, -0.15) is 27.1 Å². The molecule has 0 radical (unpaired) electrons. The van der Waals surface area contributed by atoms with Crippen LogP contribution >= 0.6 is 0 Å². The van der Waals surface area contributed by atoms with Gasteiger partial charge in [0.25, 0.3) is 0 Å². The van der Waals surface area contributed by atoms with Gasteiger partial charge in [0.05, 0.1) is 0 Å². The number of halogens is 5. The van der Waals surface area contributed by atoms with Crippen LogP contribution in [0.3, 0.4) is 0 Å². The fourth-order valence-corrected chi connectivity index (χ4v) is 1.96. The van der Waals surface area contributed by atoms with Gasteiger partial charge in [0.15, 0.2) is 0 Å². The summed E-state index contributed by atoms with van der Waals surface area (Å²) in [6, 6.07) is -4.91. The molecule has 8 heteroatoms. The Labute approximate surface area is 109 Å². The molecule has 0 fully saturated rings. The molecular formula is C11H18F5N3. The van der Waals surface area contributed by atoms with E-state index in [4.69, 9.17) is 0 Å². The Bertz CT molecular complexity index is 327. The van der Waals surface area contributed by atoms with Crippen molar-refractivity contribution in [2.45, 2.75) is 52.0 Å². The summed E-state index contributed by atoms with van der Waals surface area (Å²) in [6.07, 6.45) is -4.61. The van der Waals surface area contributed by atoms with Crippen LogP contribution in [0.25, 0.3) is 0 Å². The second kappa shape index (κ2) is 5.50. The molecule has 0 aromatic carbocycles. The third kappa shape index (κ3) is 3.09. The molecule has 0 bridgehead atoms. The Morgan fingerprint density at radius 2 is 1.79 bits per heavy atom. The first-order valence-electron chi connectivity index (χ1n) is 6.16. The van der Waals surface area contributed by atoms with Gasteiger partial charge in [0.1, 0.15) is 12.5 Å². The van der Waals surface area contributed by atoms with Crippen molar-refractivity contribution in [1.29, 1.82) is 0 Å². The van der Waals surface area contributed by atoms with E-state index in [9.17, 15) is 22.0 Å². The van der Waals surface area contributed by atoms with Crippen molar-refractivity contribution < 1.29 is 22.0 Å². The summed E-state index contributed by atoms with van der Waals surface area (Å²) < 4.78 is 64.1. The van der Waals surface area contributed by atoms with Crippen molar-refractivity contribution in [3.63, 3.8) is 0 Å². The Hall–Kier alpha value is -1.08. The lowest BCUT2D eigenvalue weighted by atomic mass is 10.1. The predicted octanol–water partition coefficient (Wildman–Crippen LogP) is 3.48. The highest BCUT2D eigenvalue weighted by Gasteiger charge is 2.64. The van der Waals surface area contributed by atoms with Crippen LogP contribution in [0.4, 0.5) is 22.0 Å². The Balaban J connectivity index is 2.94. The van der Waals surface area contributed by atoms with Crippen molar-refractivity contribution in [1.82, 2.24) is 9.91 Å². The molecule has 3 nitrogen and oxygen atoms in total. The highest BCUT2D eigenvalue weighted by molar-refractivity contribution is 5.58. The lowest BCUT2D eigenvalue weighted by molar-refractivity contribution is -0.335. The zero-order valence-corrected chi connectivity index (χ0v) is 11.1. The van der Waals surface area contributed by atoms with Gasteiger partial charge >= 0.3 is 12.2 Å². The Morgan fingerprint density at radius 1 is 1.21 bits per heavy atom. The zero-order chi connectivity index (χ0) is 14.8. The topological polar surface area (TPSA) is 18.8 Å². The van der Waals surface area contributed by atoms with Gasteiger partial charge in [-0.3, -0.25) is 9.91 Å². The Kier molecular flexibility index (Phi) is 4.63. The summed E-state index contributed by atoms with van der Waals surface area (Å²) in [5.74, 6) is -0.410. The first-order chi connectivity index (χ1) is 8.63. The molecule has 1 rings (SSSR count). The first kappa shape index (κ1) is 16.0. The van der Waals surface area contributed by atoms with E-state index in [0.717, 1.165) is 6.42 Å². The summed E-state index contributed by atoms with van der Waals surface area (Å²) in [4.78, 5) is 0.00727. The molecule has 1 heterocycles. The van der Waals surface area contributed by atoms with Crippen molar-refractivity contribution in [3.05, 3.63) is 0 Å². The molecule has 1 unspecified atom stereocenters. The number of hydrazone groups is 1. The van der Waals surface area contributed by atoms with Crippen LogP contribution in [0.2, 0.25) is 0 Å². The lowest BCUT2D eigenvalue weighted by Crippen LogP contribution is -2.58. The van der Waals surface area contributed by atoms with Crippen molar-refractivity contribution >= 4 is 6.34 Å². The maximum Gasteiger partial charge on any atom is 0.475 e. The zero-order valence-electron chi connectivity index (χ0n) is 11.1. The monoisotopic (exact) mass is 287 g/mol. The average Bonchev–Trinajstić information content (AvgIpc) is 2.68. The number of unbranched alkanes of at least 4 members (excludes halogenated alkanes) is 1. The molecule has 19 heavy (non-hydrogen) atoms. The van der Waals surface area contributed by atoms with E-state index in [1.807, 2.05) is 6.92 Å². The van der Waals surface area contributed by atoms with E-state index in [1.54, 1.807) is 13.8 Å². The fraction of sp³-hybridized carbons (Fsp3) is 0.909. The Morgan fingerprint density at radius 3 is 2.21 bits per heavy atom.